The van der Waals surface area contributed by atoms with Gasteiger partial charge in [-0.2, -0.15) is 0 Å². The van der Waals surface area contributed by atoms with Crippen molar-refractivity contribution in [1.29, 1.82) is 0 Å². The smallest absolute Gasteiger partial charge is 0.330 e. The molecule has 0 saturated carbocycles. The molecule has 0 amide bonds. The second-order valence-electron chi connectivity index (χ2n) is 1.47. The predicted molar refractivity (Wildman–Crippen MR) is 37.8 cm³/mol. The van der Waals surface area contributed by atoms with Crippen molar-refractivity contribution in [3.63, 3.8) is 0 Å². The maximum absolute atomic E-state index is 10.4. The Morgan fingerprint density at radius 2 is 2.20 bits per heavy atom. The van der Waals surface area contributed by atoms with Crippen LogP contribution in [0.3, 0.4) is 0 Å². The zero-order valence-electron chi connectivity index (χ0n) is 5.83. The normalized spacial score (nSPS) is 13.5. The van der Waals surface area contributed by atoms with Gasteiger partial charge in [0.05, 0.1) is 7.11 Å². The highest BCUT2D eigenvalue weighted by Crippen LogP contribution is 1.97. The average Bonchev–Trinajstić information content (AvgIpc) is 1.99. The Morgan fingerprint density at radius 3 is 2.60 bits per heavy atom. The number of esters is 1. The fourth-order valence-electron chi connectivity index (χ4n) is 0.301. The summed E-state index contributed by atoms with van der Waals surface area (Å²) in [7, 11) is 2.74. The van der Waals surface area contributed by atoms with E-state index in [0.29, 0.717) is 0 Å². The van der Waals surface area contributed by atoms with Gasteiger partial charge in [0.15, 0.2) is 0 Å². The van der Waals surface area contributed by atoms with Crippen LogP contribution in [0.4, 0.5) is 0 Å². The first-order chi connectivity index (χ1) is 4.70. The highest BCUT2D eigenvalue weighted by atomic mass is 35.5. The largest absolute Gasteiger partial charge is 0.466 e. The molecule has 0 aliphatic carbocycles. The molecule has 0 radical (unpaired) electrons. The van der Waals surface area contributed by atoms with E-state index in [1.165, 1.54) is 26.4 Å². The first-order valence-electron chi connectivity index (χ1n) is 2.63. The molecule has 0 bridgehead atoms. The van der Waals surface area contributed by atoms with Crippen LogP contribution in [0.25, 0.3) is 0 Å². The van der Waals surface area contributed by atoms with Crippen molar-refractivity contribution in [2.45, 2.75) is 5.56 Å². The van der Waals surface area contributed by atoms with E-state index in [9.17, 15) is 4.79 Å². The summed E-state index contributed by atoms with van der Waals surface area (Å²) >= 11 is 5.45. The van der Waals surface area contributed by atoms with Gasteiger partial charge in [0.1, 0.15) is 5.56 Å². The lowest BCUT2D eigenvalue weighted by molar-refractivity contribution is -0.134. The quantitative estimate of drug-likeness (QED) is 0.354. The van der Waals surface area contributed by atoms with E-state index in [1.54, 1.807) is 0 Å². The van der Waals surface area contributed by atoms with Crippen LogP contribution in [0.5, 0.6) is 0 Å². The molecule has 58 valence electrons. The van der Waals surface area contributed by atoms with Crippen LogP contribution in [0.1, 0.15) is 0 Å². The fraction of sp³-hybridized carbons (Fsp3) is 0.500. The van der Waals surface area contributed by atoms with Gasteiger partial charge in [-0.05, 0) is 6.08 Å². The van der Waals surface area contributed by atoms with Gasteiger partial charge in [-0.15, -0.1) is 0 Å². The van der Waals surface area contributed by atoms with Crippen molar-refractivity contribution in [2.75, 3.05) is 14.2 Å². The summed E-state index contributed by atoms with van der Waals surface area (Å²) in [6.07, 6.45) is 2.61. The lowest BCUT2D eigenvalue weighted by Crippen LogP contribution is -1.99. The Kier molecular flexibility index (Phi) is 4.98. The van der Waals surface area contributed by atoms with Gasteiger partial charge in [0, 0.05) is 13.2 Å². The third-order valence-electron chi connectivity index (χ3n) is 0.810. The number of hydrogen-bond donors (Lipinski definition) is 0. The lowest BCUT2D eigenvalue weighted by Gasteiger charge is -1.97. The predicted octanol–water partition coefficient (Wildman–Crippen LogP) is 0.927. The third-order valence-corrected chi connectivity index (χ3v) is 1.13. The standard InChI is InChI=1S/C6H9ClO3/c1-9-5(7)3-4-6(8)10-2/h3-5H,1-2H3/b4-3+. The Morgan fingerprint density at radius 1 is 1.60 bits per heavy atom. The number of halogens is 1. The van der Waals surface area contributed by atoms with Crippen LogP contribution in [-0.2, 0) is 14.3 Å². The van der Waals surface area contributed by atoms with Gasteiger partial charge in [0.2, 0.25) is 0 Å². The van der Waals surface area contributed by atoms with Gasteiger partial charge < -0.3 is 9.47 Å². The van der Waals surface area contributed by atoms with Gasteiger partial charge in [-0.1, -0.05) is 11.6 Å². The number of carbonyl (C=O) groups excluding carboxylic acids is 1. The zero-order valence-corrected chi connectivity index (χ0v) is 6.59. The number of ether oxygens (including phenoxy) is 2. The van der Waals surface area contributed by atoms with E-state index in [4.69, 9.17) is 11.6 Å². The Balaban J connectivity index is 3.63. The molecule has 0 aromatic rings. The molecule has 0 aliphatic rings. The van der Waals surface area contributed by atoms with Gasteiger partial charge in [0.25, 0.3) is 0 Å². The van der Waals surface area contributed by atoms with E-state index in [-0.39, 0.29) is 0 Å². The molecule has 1 unspecified atom stereocenters. The molecule has 0 N–H and O–H groups in total. The van der Waals surface area contributed by atoms with E-state index >= 15 is 0 Å². The van der Waals surface area contributed by atoms with Crippen molar-refractivity contribution in [1.82, 2.24) is 0 Å². The monoisotopic (exact) mass is 164 g/mol. The van der Waals surface area contributed by atoms with E-state index in [2.05, 4.69) is 9.47 Å². The number of alkyl halides is 1. The van der Waals surface area contributed by atoms with Gasteiger partial charge in [-0.3, -0.25) is 0 Å². The fourth-order valence-corrected chi connectivity index (χ4v) is 0.374. The lowest BCUT2D eigenvalue weighted by atomic mass is 10.5. The van der Waals surface area contributed by atoms with Crippen molar-refractivity contribution >= 4 is 17.6 Å². The molecule has 0 saturated heterocycles. The van der Waals surface area contributed by atoms with Crippen molar-refractivity contribution in [2.24, 2.45) is 0 Å². The van der Waals surface area contributed by atoms with Crippen LogP contribution in [0, 0.1) is 0 Å². The van der Waals surface area contributed by atoms with Crippen LogP contribution >= 0.6 is 11.6 Å². The topological polar surface area (TPSA) is 35.5 Å². The molecule has 0 aromatic carbocycles. The molecule has 0 spiro atoms. The van der Waals surface area contributed by atoms with Crippen LogP contribution in [0.2, 0.25) is 0 Å². The number of methoxy groups -OCH3 is 2. The second kappa shape index (κ2) is 5.26. The summed E-state index contributed by atoms with van der Waals surface area (Å²) in [5.41, 5.74) is -0.570. The van der Waals surface area contributed by atoms with Crippen LogP contribution in [-0.4, -0.2) is 25.8 Å². The first-order valence-corrected chi connectivity index (χ1v) is 3.07. The molecule has 3 nitrogen and oxygen atoms in total. The molecule has 0 aliphatic heterocycles. The molecule has 0 heterocycles. The maximum Gasteiger partial charge on any atom is 0.330 e. The Labute approximate surface area is 64.6 Å². The minimum atomic E-state index is -0.570. The van der Waals surface area contributed by atoms with E-state index in [0.717, 1.165) is 0 Å². The molecule has 1 atom stereocenters. The molecule has 0 fully saturated rings. The van der Waals surface area contributed by atoms with E-state index < -0.39 is 11.5 Å². The van der Waals surface area contributed by atoms with Crippen molar-refractivity contribution < 1.29 is 14.3 Å². The Bertz CT molecular complexity index is 133. The summed E-state index contributed by atoms with van der Waals surface area (Å²) in [5, 5.41) is 0. The van der Waals surface area contributed by atoms with Crippen LogP contribution < -0.4 is 0 Å². The zero-order chi connectivity index (χ0) is 7.98. The SMILES string of the molecule is COC(=O)/C=C/C(Cl)OC. The summed E-state index contributed by atoms with van der Waals surface area (Å²) < 4.78 is 8.92. The molecular formula is C6H9ClO3. The summed E-state index contributed by atoms with van der Waals surface area (Å²) in [5.74, 6) is -0.442. The third kappa shape index (κ3) is 4.35. The van der Waals surface area contributed by atoms with Gasteiger partial charge >= 0.3 is 5.97 Å². The summed E-state index contributed by atoms with van der Waals surface area (Å²) in [6.45, 7) is 0. The minimum absolute atomic E-state index is 0.442. The van der Waals surface area contributed by atoms with Crippen molar-refractivity contribution in [3.05, 3.63) is 12.2 Å². The molecule has 10 heavy (non-hydrogen) atoms. The second-order valence-corrected chi connectivity index (χ2v) is 1.90. The summed E-state index contributed by atoms with van der Waals surface area (Å²) in [6, 6.07) is 0. The number of carbonyl (C=O) groups is 1. The van der Waals surface area contributed by atoms with Gasteiger partial charge in [-0.25, -0.2) is 4.79 Å². The average molecular weight is 165 g/mol. The minimum Gasteiger partial charge on any atom is -0.466 e. The Hall–Kier alpha value is -0.540. The van der Waals surface area contributed by atoms with Crippen molar-refractivity contribution in [3.8, 4) is 0 Å². The highest BCUT2D eigenvalue weighted by Gasteiger charge is 1.96. The molecular weight excluding hydrogens is 156 g/mol. The number of hydrogen-bond acceptors (Lipinski definition) is 3. The highest BCUT2D eigenvalue weighted by molar-refractivity contribution is 6.21. The maximum atomic E-state index is 10.4. The molecule has 4 heteroatoms. The molecule has 0 rings (SSSR count). The van der Waals surface area contributed by atoms with Crippen LogP contribution in [0.15, 0.2) is 12.2 Å². The number of rotatable bonds is 3. The first kappa shape index (κ1) is 9.46. The summed E-state index contributed by atoms with van der Waals surface area (Å²) in [4.78, 5) is 10.4. The van der Waals surface area contributed by atoms with E-state index in [1.807, 2.05) is 0 Å². The molecule has 0 aromatic heterocycles.